The Morgan fingerprint density at radius 2 is 1.47 bits per heavy atom. The first-order valence-electron chi connectivity index (χ1n) is 11.6. The number of nitrogens with zero attached hydrogens (tertiary/aromatic N) is 2. The number of likely N-dealkylation sites (N-methyl/N-ethyl adjacent to an activating group) is 2. The number of carbonyl (C=O) groups excluding carboxylic acids is 2. The molecule has 0 N–H and O–H groups in total. The van der Waals surface area contributed by atoms with E-state index in [1.165, 1.54) is 16.0 Å². The fourth-order valence-corrected chi connectivity index (χ4v) is 3.96. The van der Waals surface area contributed by atoms with Crippen LogP contribution in [0.15, 0.2) is 84.9 Å². The fraction of sp³-hybridized carbons (Fsp3) is 0.310. The molecule has 1 heterocycles. The second kappa shape index (κ2) is 11.6. The monoisotopic (exact) mass is 458 g/mol. The summed E-state index contributed by atoms with van der Waals surface area (Å²) >= 11 is 0. The maximum Gasteiger partial charge on any atom is 0.239 e. The van der Waals surface area contributed by atoms with Gasteiger partial charge in [-0.2, -0.15) is 0 Å². The number of rotatable bonds is 7. The van der Waals surface area contributed by atoms with E-state index in [1.807, 2.05) is 55.5 Å². The van der Waals surface area contributed by atoms with Crippen LogP contribution in [0.4, 0.5) is 0 Å². The minimum Gasteiger partial charge on any atom is -0.492 e. The highest BCUT2D eigenvalue weighted by Crippen LogP contribution is 2.35. The van der Waals surface area contributed by atoms with Gasteiger partial charge in [-0.25, -0.2) is 0 Å². The van der Waals surface area contributed by atoms with Gasteiger partial charge in [0.1, 0.15) is 12.4 Å². The molecule has 5 nitrogen and oxygen atoms in total. The number of hydrogen-bond donors (Lipinski definition) is 0. The molecule has 1 fully saturated rings. The van der Waals surface area contributed by atoms with E-state index in [0.717, 1.165) is 30.9 Å². The highest BCUT2D eigenvalue weighted by molar-refractivity contribution is 6.08. The molecule has 0 radical (unpaired) electrons. The largest absolute Gasteiger partial charge is 0.492 e. The van der Waals surface area contributed by atoms with Gasteiger partial charge in [-0.3, -0.25) is 14.5 Å². The van der Waals surface area contributed by atoms with Gasteiger partial charge in [-0.1, -0.05) is 78.9 Å². The molecule has 3 aromatic carbocycles. The molecule has 34 heavy (non-hydrogen) atoms. The number of ether oxygens (including phenoxy) is 1. The van der Waals surface area contributed by atoms with Gasteiger partial charge in [0.15, 0.2) is 0 Å². The van der Waals surface area contributed by atoms with Gasteiger partial charge >= 0.3 is 0 Å². The van der Waals surface area contributed by atoms with E-state index in [2.05, 4.69) is 55.4 Å². The SMILES string of the molecule is CN(C)CCOc1ccccc1Cc1ccccc1.CN1C(=O)CC(C)(c2ccccc2)C1=O. The molecule has 1 saturated heterocycles. The Balaban J connectivity index is 0.000000196. The summed E-state index contributed by atoms with van der Waals surface area (Å²) in [5.74, 6) is 0.776. The molecule has 4 rings (SSSR count). The number of carbonyl (C=O) groups is 2. The van der Waals surface area contributed by atoms with Crippen molar-refractivity contribution >= 4 is 11.8 Å². The summed E-state index contributed by atoms with van der Waals surface area (Å²) in [6.45, 7) is 3.48. The average Bonchev–Trinajstić information content (AvgIpc) is 3.05. The van der Waals surface area contributed by atoms with E-state index in [4.69, 9.17) is 4.74 Å². The zero-order valence-corrected chi connectivity index (χ0v) is 20.5. The average molecular weight is 459 g/mol. The van der Waals surface area contributed by atoms with Crippen LogP contribution in [-0.4, -0.2) is 55.9 Å². The number of likely N-dealkylation sites (tertiary alicyclic amines) is 1. The second-order valence-electron chi connectivity index (χ2n) is 9.05. The third-order valence-corrected chi connectivity index (χ3v) is 6.07. The minimum absolute atomic E-state index is 0.105. The topological polar surface area (TPSA) is 49.9 Å². The van der Waals surface area contributed by atoms with Gasteiger partial charge < -0.3 is 9.64 Å². The van der Waals surface area contributed by atoms with E-state index in [0.29, 0.717) is 0 Å². The summed E-state index contributed by atoms with van der Waals surface area (Å²) < 4.78 is 5.88. The third kappa shape index (κ3) is 6.33. The molecule has 3 aromatic rings. The molecule has 0 spiro atoms. The molecule has 1 atom stereocenters. The molecule has 2 amide bonds. The van der Waals surface area contributed by atoms with Gasteiger partial charge in [-0.15, -0.1) is 0 Å². The first-order chi connectivity index (χ1) is 16.3. The van der Waals surface area contributed by atoms with Crippen LogP contribution in [0.2, 0.25) is 0 Å². The predicted molar refractivity (Wildman–Crippen MR) is 136 cm³/mol. The van der Waals surface area contributed by atoms with Crippen LogP contribution in [0.3, 0.4) is 0 Å². The van der Waals surface area contributed by atoms with E-state index in [-0.39, 0.29) is 18.2 Å². The van der Waals surface area contributed by atoms with Gasteiger partial charge in [-0.05, 0) is 43.8 Å². The van der Waals surface area contributed by atoms with Crippen molar-refractivity contribution in [1.29, 1.82) is 0 Å². The lowest BCUT2D eigenvalue weighted by atomic mass is 9.81. The highest BCUT2D eigenvalue weighted by Gasteiger charge is 2.47. The van der Waals surface area contributed by atoms with Crippen molar-refractivity contribution in [1.82, 2.24) is 9.80 Å². The van der Waals surface area contributed by atoms with E-state index in [9.17, 15) is 9.59 Å². The molecule has 0 aliphatic carbocycles. The number of hydrogen-bond acceptors (Lipinski definition) is 4. The normalized spacial score (nSPS) is 17.5. The van der Waals surface area contributed by atoms with Crippen LogP contribution < -0.4 is 4.74 Å². The zero-order valence-electron chi connectivity index (χ0n) is 20.5. The quantitative estimate of drug-likeness (QED) is 0.488. The number of para-hydroxylation sites is 1. The summed E-state index contributed by atoms with van der Waals surface area (Å²) in [6.07, 6.45) is 1.19. The van der Waals surface area contributed by atoms with Crippen LogP contribution >= 0.6 is 0 Å². The van der Waals surface area contributed by atoms with Gasteiger partial charge in [0.05, 0.1) is 5.41 Å². The Morgan fingerprint density at radius 3 is 2.06 bits per heavy atom. The fourth-order valence-electron chi connectivity index (χ4n) is 3.96. The highest BCUT2D eigenvalue weighted by atomic mass is 16.5. The molecule has 0 bridgehead atoms. The molecule has 1 unspecified atom stereocenters. The summed E-state index contributed by atoms with van der Waals surface area (Å²) in [5, 5.41) is 0. The molecule has 1 aliphatic rings. The Hall–Kier alpha value is -3.44. The lowest BCUT2D eigenvalue weighted by Crippen LogP contribution is -2.33. The summed E-state index contributed by atoms with van der Waals surface area (Å²) in [4.78, 5) is 26.8. The number of imide groups is 1. The molecule has 1 aliphatic heterocycles. The van der Waals surface area contributed by atoms with Gasteiger partial charge in [0, 0.05) is 26.4 Å². The molecule has 0 saturated carbocycles. The van der Waals surface area contributed by atoms with Crippen molar-refractivity contribution < 1.29 is 14.3 Å². The van der Waals surface area contributed by atoms with Crippen LogP contribution in [-0.2, 0) is 21.4 Å². The van der Waals surface area contributed by atoms with Crippen molar-refractivity contribution in [2.24, 2.45) is 0 Å². The van der Waals surface area contributed by atoms with Gasteiger partial charge in [0.25, 0.3) is 0 Å². The Morgan fingerprint density at radius 1 is 0.882 bits per heavy atom. The van der Waals surface area contributed by atoms with Crippen LogP contribution in [0.5, 0.6) is 5.75 Å². The van der Waals surface area contributed by atoms with Crippen LogP contribution in [0, 0.1) is 0 Å². The van der Waals surface area contributed by atoms with Crippen molar-refractivity contribution in [2.75, 3.05) is 34.3 Å². The van der Waals surface area contributed by atoms with E-state index < -0.39 is 5.41 Å². The summed E-state index contributed by atoms with van der Waals surface area (Å²) in [7, 11) is 5.65. The number of benzene rings is 3. The molecule has 0 aromatic heterocycles. The summed E-state index contributed by atoms with van der Waals surface area (Å²) in [5.41, 5.74) is 2.79. The Labute approximate surface area is 203 Å². The predicted octanol–water partition coefficient (Wildman–Crippen LogP) is 4.55. The molecule has 178 valence electrons. The lowest BCUT2D eigenvalue weighted by molar-refractivity contribution is -0.138. The Bertz CT molecular complexity index is 1080. The van der Waals surface area contributed by atoms with E-state index in [1.54, 1.807) is 7.05 Å². The first-order valence-corrected chi connectivity index (χ1v) is 11.6. The molecular weight excluding hydrogens is 424 g/mol. The van der Waals surface area contributed by atoms with Crippen molar-refractivity contribution in [3.63, 3.8) is 0 Å². The lowest BCUT2D eigenvalue weighted by Gasteiger charge is -2.21. The summed E-state index contributed by atoms with van der Waals surface area (Å²) in [6, 6.07) is 28.2. The Kier molecular flexibility index (Phi) is 8.61. The standard InChI is InChI=1S/C17H21NO.C12H13NO2/c1-18(2)12-13-19-17-11-7-6-10-16(17)14-15-8-4-3-5-9-15;1-12(9-6-4-3-5-7-9)8-10(14)13(2)11(12)15/h3-11H,12-14H2,1-2H3;3-7H,8H2,1-2H3. The maximum absolute atomic E-state index is 11.9. The smallest absolute Gasteiger partial charge is 0.239 e. The van der Waals surface area contributed by atoms with E-state index >= 15 is 0 Å². The number of amides is 2. The van der Waals surface area contributed by atoms with Gasteiger partial charge in [0.2, 0.25) is 11.8 Å². The molecule has 5 heteroatoms. The first kappa shape index (κ1) is 25.2. The van der Waals surface area contributed by atoms with Crippen molar-refractivity contribution in [2.45, 2.75) is 25.2 Å². The van der Waals surface area contributed by atoms with Crippen molar-refractivity contribution in [3.05, 3.63) is 102 Å². The van der Waals surface area contributed by atoms with Crippen LogP contribution in [0.1, 0.15) is 30.0 Å². The van der Waals surface area contributed by atoms with Crippen LogP contribution in [0.25, 0.3) is 0 Å². The second-order valence-corrected chi connectivity index (χ2v) is 9.05. The van der Waals surface area contributed by atoms with Crippen molar-refractivity contribution in [3.8, 4) is 5.75 Å². The minimum atomic E-state index is -0.674. The third-order valence-electron chi connectivity index (χ3n) is 6.07. The maximum atomic E-state index is 11.9. The molecular formula is C29H34N2O3. The zero-order chi connectivity index (χ0) is 24.6.